The van der Waals surface area contributed by atoms with Gasteiger partial charge in [0.1, 0.15) is 5.82 Å². The van der Waals surface area contributed by atoms with E-state index in [0.29, 0.717) is 6.54 Å². The second-order valence-electron chi connectivity index (χ2n) is 7.22. The molecule has 140 valence electrons. The summed E-state index contributed by atoms with van der Waals surface area (Å²) >= 11 is 0. The van der Waals surface area contributed by atoms with Crippen molar-refractivity contribution in [1.29, 1.82) is 0 Å². The summed E-state index contributed by atoms with van der Waals surface area (Å²) in [6, 6.07) is 8.66. The van der Waals surface area contributed by atoms with Gasteiger partial charge in [0.25, 0.3) is 5.91 Å². The number of aromatic nitrogens is 1. The lowest BCUT2D eigenvalue weighted by atomic mass is 10.0. The van der Waals surface area contributed by atoms with E-state index < -0.39 is 0 Å². The zero-order chi connectivity index (χ0) is 18.7. The van der Waals surface area contributed by atoms with Crippen LogP contribution >= 0.6 is 0 Å². The number of carbonyl (C=O) groups is 1. The predicted octanol–water partition coefficient (Wildman–Crippen LogP) is 3.74. The van der Waals surface area contributed by atoms with E-state index in [1.54, 1.807) is 0 Å². The number of hydrogen-bond donors (Lipinski definition) is 1. The first-order valence-corrected chi connectivity index (χ1v) is 9.38. The lowest BCUT2D eigenvalue weighted by Gasteiger charge is -2.35. The third kappa shape index (κ3) is 3.98. The monoisotopic (exact) mass is 357 g/mol. The summed E-state index contributed by atoms with van der Waals surface area (Å²) in [5.74, 6) is -0.277. The Morgan fingerprint density at radius 1 is 1.15 bits per heavy atom. The van der Waals surface area contributed by atoms with Gasteiger partial charge in [0.2, 0.25) is 0 Å². The Kier molecular flexibility index (Phi) is 5.77. The molecule has 5 heteroatoms. The lowest BCUT2D eigenvalue weighted by molar-refractivity contribution is 0.0923. The van der Waals surface area contributed by atoms with Crippen LogP contribution in [0.3, 0.4) is 0 Å². The fourth-order valence-corrected chi connectivity index (χ4v) is 3.74. The van der Waals surface area contributed by atoms with Crippen LogP contribution in [0.5, 0.6) is 0 Å². The van der Waals surface area contributed by atoms with Gasteiger partial charge in [-0.25, -0.2) is 4.39 Å². The molecule has 1 N–H and O–H groups in total. The number of benzene rings is 1. The molecule has 1 saturated heterocycles. The average molecular weight is 357 g/mol. The van der Waals surface area contributed by atoms with Gasteiger partial charge in [-0.3, -0.25) is 9.69 Å². The van der Waals surface area contributed by atoms with Crippen LogP contribution in [0.25, 0.3) is 0 Å². The molecular formula is C21H28FN3O. The summed E-state index contributed by atoms with van der Waals surface area (Å²) in [4.78, 5) is 15.1. The molecule has 0 bridgehead atoms. The van der Waals surface area contributed by atoms with Gasteiger partial charge < -0.3 is 9.88 Å². The summed E-state index contributed by atoms with van der Waals surface area (Å²) < 4.78 is 15.4. The second kappa shape index (κ2) is 8.04. The zero-order valence-corrected chi connectivity index (χ0v) is 15.9. The molecule has 1 aliphatic heterocycles. The third-order valence-electron chi connectivity index (χ3n) is 5.56. The van der Waals surface area contributed by atoms with Crippen molar-refractivity contribution in [3.05, 3.63) is 58.7 Å². The molecule has 0 aliphatic carbocycles. The van der Waals surface area contributed by atoms with E-state index in [4.69, 9.17) is 0 Å². The Balaban J connectivity index is 1.75. The fraction of sp³-hybridized carbons (Fsp3) is 0.476. The van der Waals surface area contributed by atoms with Crippen molar-refractivity contribution in [3.8, 4) is 0 Å². The minimum Gasteiger partial charge on any atom is -0.351 e. The fourth-order valence-electron chi connectivity index (χ4n) is 3.74. The third-order valence-corrected chi connectivity index (χ3v) is 5.56. The summed E-state index contributed by atoms with van der Waals surface area (Å²) in [5, 5.41) is 3.10. The minimum atomic E-state index is -0.231. The summed E-state index contributed by atoms with van der Waals surface area (Å²) in [7, 11) is 1.97. The van der Waals surface area contributed by atoms with Crippen LogP contribution in [0.15, 0.2) is 30.3 Å². The van der Waals surface area contributed by atoms with Crippen molar-refractivity contribution in [2.45, 2.75) is 39.2 Å². The molecule has 2 aromatic rings. The topological polar surface area (TPSA) is 37.3 Å². The summed E-state index contributed by atoms with van der Waals surface area (Å²) in [6.45, 7) is 6.52. The molecule has 26 heavy (non-hydrogen) atoms. The van der Waals surface area contributed by atoms with E-state index in [-0.39, 0.29) is 17.8 Å². The minimum absolute atomic E-state index is 0.0460. The van der Waals surface area contributed by atoms with Crippen molar-refractivity contribution in [3.63, 3.8) is 0 Å². The Morgan fingerprint density at radius 3 is 2.38 bits per heavy atom. The zero-order valence-electron chi connectivity index (χ0n) is 15.9. The molecule has 0 spiro atoms. The van der Waals surface area contributed by atoms with Crippen LogP contribution in [0.2, 0.25) is 0 Å². The van der Waals surface area contributed by atoms with Crippen LogP contribution in [0.4, 0.5) is 4.39 Å². The molecule has 2 heterocycles. The van der Waals surface area contributed by atoms with Gasteiger partial charge in [-0.1, -0.05) is 18.6 Å². The predicted molar refractivity (Wildman–Crippen MR) is 102 cm³/mol. The summed E-state index contributed by atoms with van der Waals surface area (Å²) in [5.41, 5.74) is 3.81. The van der Waals surface area contributed by atoms with Crippen molar-refractivity contribution < 1.29 is 9.18 Å². The van der Waals surface area contributed by atoms with Crippen LogP contribution in [0, 0.1) is 19.7 Å². The molecular weight excluding hydrogens is 329 g/mol. The number of amides is 1. The maximum absolute atomic E-state index is 13.3. The molecule has 0 radical (unpaired) electrons. The quantitative estimate of drug-likeness (QED) is 0.885. The highest BCUT2D eigenvalue weighted by Crippen LogP contribution is 2.25. The Morgan fingerprint density at radius 2 is 1.81 bits per heavy atom. The molecule has 0 saturated carbocycles. The van der Waals surface area contributed by atoms with Crippen molar-refractivity contribution >= 4 is 5.91 Å². The number of likely N-dealkylation sites (tertiary alicyclic amines) is 1. The van der Waals surface area contributed by atoms with Gasteiger partial charge in [0.05, 0.1) is 11.6 Å². The highest BCUT2D eigenvalue weighted by atomic mass is 19.1. The molecule has 3 rings (SSSR count). The van der Waals surface area contributed by atoms with Gasteiger partial charge in [-0.2, -0.15) is 0 Å². The number of carbonyl (C=O) groups excluding carboxylic acids is 1. The number of nitrogens with one attached hydrogen (secondary N) is 1. The molecule has 0 unspecified atom stereocenters. The first kappa shape index (κ1) is 18.6. The second-order valence-corrected chi connectivity index (χ2v) is 7.22. The Labute approximate surface area is 155 Å². The Hall–Kier alpha value is -2.14. The molecule has 1 atom stereocenters. The lowest BCUT2D eigenvalue weighted by Crippen LogP contribution is -2.40. The highest BCUT2D eigenvalue weighted by molar-refractivity contribution is 5.95. The molecule has 1 fully saturated rings. The number of nitrogens with zero attached hydrogens (tertiary/aromatic N) is 2. The molecule has 1 aromatic heterocycles. The number of hydrogen-bond acceptors (Lipinski definition) is 2. The molecule has 1 aromatic carbocycles. The van der Waals surface area contributed by atoms with Gasteiger partial charge in [-0.05, 0) is 63.5 Å². The van der Waals surface area contributed by atoms with Gasteiger partial charge in [0, 0.05) is 25.0 Å². The number of piperidine rings is 1. The smallest absolute Gasteiger partial charge is 0.253 e. The summed E-state index contributed by atoms with van der Waals surface area (Å²) in [6.07, 6.45) is 3.59. The van der Waals surface area contributed by atoms with Crippen LogP contribution in [0.1, 0.15) is 52.6 Å². The van der Waals surface area contributed by atoms with Gasteiger partial charge >= 0.3 is 0 Å². The van der Waals surface area contributed by atoms with Crippen LogP contribution in [-0.4, -0.2) is 35.0 Å². The van der Waals surface area contributed by atoms with E-state index in [1.165, 1.54) is 31.4 Å². The normalized spacial score (nSPS) is 16.5. The maximum Gasteiger partial charge on any atom is 0.253 e. The van der Waals surface area contributed by atoms with Gasteiger partial charge in [-0.15, -0.1) is 0 Å². The van der Waals surface area contributed by atoms with Crippen molar-refractivity contribution in [2.24, 2.45) is 7.05 Å². The average Bonchev–Trinajstić information content (AvgIpc) is 2.91. The number of halogens is 1. The number of aryl methyl sites for hydroxylation is 1. The molecule has 4 nitrogen and oxygen atoms in total. The van der Waals surface area contributed by atoms with Crippen LogP contribution in [-0.2, 0) is 7.05 Å². The van der Waals surface area contributed by atoms with Crippen LogP contribution < -0.4 is 5.32 Å². The van der Waals surface area contributed by atoms with Crippen molar-refractivity contribution in [2.75, 3.05) is 19.6 Å². The SMILES string of the molecule is Cc1cc(C(=O)NC[C@@H](c2ccc(F)cc2)N2CCCCC2)c(C)n1C. The van der Waals surface area contributed by atoms with Crippen molar-refractivity contribution in [1.82, 2.24) is 14.8 Å². The first-order valence-electron chi connectivity index (χ1n) is 9.38. The first-order chi connectivity index (χ1) is 12.5. The Bertz CT molecular complexity index is 760. The highest BCUT2D eigenvalue weighted by Gasteiger charge is 2.24. The van der Waals surface area contributed by atoms with E-state index in [0.717, 1.165) is 35.6 Å². The molecule has 1 amide bonds. The van der Waals surface area contributed by atoms with E-state index in [9.17, 15) is 9.18 Å². The van der Waals surface area contributed by atoms with E-state index in [2.05, 4.69) is 10.2 Å². The largest absolute Gasteiger partial charge is 0.351 e. The van der Waals surface area contributed by atoms with E-state index in [1.807, 2.05) is 43.7 Å². The standard InChI is InChI=1S/C21H28FN3O/c1-15-13-19(16(2)24(15)3)21(26)23-14-20(25-11-5-4-6-12-25)17-7-9-18(22)10-8-17/h7-10,13,20H,4-6,11-12,14H2,1-3H3,(H,23,26)/t20-/m0/s1. The molecule has 1 aliphatic rings. The van der Waals surface area contributed by atoms with E-state index >= 15 is 0 Å². The van der Waals surface area contributed by atoms with Gasteiger partial charge in [0.15, 0.2) is 0 Å². The maximum atomic E-state index is 13.3. The number of rotatable bonds is 5.